The monoisotopic (exact) mass is 413 g/mol. The highest BCUT2D eigenvalue weighted by molar-refractivity contribution is 6.11. The van der Waals surface area contributed by atoms with Crippen LogP contribution in [0.25, 0.3) is 22.1 Å². The molecule has 5 aromatic rings. The van der Waals surface area contributed by atoms with Gasteiger partial charge in [0.15, 0.2) is 16.9 Å². The predicted molar refractivity (Wildman–Crippen MR) is 117 cm³/mol. The van der Waals surface area contributed by atoms with E-state index in [0.29, 0.717) is 11.1 Å². The van der Waals surface area contributed by atoms with E-state index in [4.69, 9.17) is 0 Å². The van der Waals surface area contributed by atoms with Crippen molar-refractivity contribution in [3.05, 3.63) is 99.1 Å². The Hall–Kier alpha value is -4.20. The van der Waals surface area contributed by atoms with Gasteiger partial charge in [0, 0.05) is 36.8 Å². The van der Waals surface area contributed by atoms with Gasteiger partial charge in [-0.1, -0.05) is 48.5 Å². The third-order valence-corrected chi connectivity index (χ3v) is 5.67. The lowest BCUT2D eigenvalue weighted by atomic mass is 9.96. The van der Waals surface area contributed by atoms with Crippen LogP contribution in [0.4, 0.5) is 0 Å². The molecule has 2 aromatic carbocycles. The lowest BCUT2D eigenvalue weighted by Gasteiger charge is -2.19. The Morgan fingerprint density at radius 1 is 0.968 bits per heavy atom. The Bertz CT molecular complexity index is 1570. The Morgan fingerprint density at radius 2 is 1.68 bits per heavy atom. The van der Waals surface area contributed by atoms with Crippen LogP contribution in [0.2, 0.25) is 0 Å². The first-order valence-electron chi connectivity index (χ1n) is 9.77. The van der Waals surface area contributed by atoms with Crippen molar-refractivity contribution in [2.45, 2.75) is 6.04 Å². The second-order valence-electron chi connectivity index (χ2n) is 7.46. The van der Waals surface area contributed by atoms with Crippen LogP contribution >= 0.6 is 0 Å². The SMILES string of the molecule is Cn1c(=O)c2c(ncn2C(C(=O)c2c[nH]c3ccccc23)c2ccccc2)n(C)c1=O. The lowest BCUT2D eigenvalue weighted by Crippen LogP contribution is -2.38. The zero-order valence-corrected chi connectivity index (χ0v) is 16.9. The van der Waals surface area contributed by atoms with Gasteiger partial charge in [-0.2, -0.15) is 0 Å². The number of H-pyrrole nitrogens is 1. The number of aryl methyl sites for hydroxylation is 1. The fraction of sp³-hybridized carbons (Fsp3) is 0.130. The van der Waals surface area contributed by atoms with Gasteiger partial charge in [-0.05, 0) is 11.6 Å². The van der Waals surface area contributed by atoms with Gasteiger partial charge in [-0.15, -0.1) is 0 Å². The third-order valence-electron chi connectivity index (χ3n) is 5.67. The van der Waals surface area contributed by atoms with Gasteiger partial charge in [-0.25, -0.2) is 9.78 Å². The summed E-state index contributed by atoms with van der Waals surface area (Å²) >= 11 is 0. The Kier molecular flexibility index (Phi) is 4.21. The number of ketones is 1. The Labute approximate surface area is 176 Å². The van der Waals surface area contributed by atoms with E-state index < -0.39 is 17.3 Å². The molecule has 0 saturated carbocycles. The smallest absolute Gasteiger partial charge is 0.332 e. The number of hydrogen-bond donors (Lipinski definition) is 1. The number of benzene rings is 2. The molecule has 0 bridgehead atoms. The summed E-state index contributed by atoms with van der Waals surface area (Å²) in [7, 11) is 2.97. The molecule has 0 spiro atoms. The molecule has 154 valence electrons. The van der Waals surface area contributed by atoms with E-state index in [1.807, 2.05) is 54.6 Å². The number of nitrogens with zero attached hydrogens (tertiary/aromatic N) is 4. The number of hydrogen-bond acceptors (Lipinski definition) is 4. The van der Waals surface area contributed by atoms with Crippen molar-refractivity contribution >= 4 is 27.9 Å². The second-order valence-corrected chi connectivity index (χ2v) is 7.46. The highest BCUT2D eigenvalue weighted by Gasteiger charge is 2.29. The maximum Gasteiger partial charge on any atom is 0.332 e. The van der Waals surface area contributed by atoms with Gasteiger partial charge in [0.2, 0.25) is 0 Å². The number of Topliss-reactive ketones (excluding diaryl/α,β-unsaturated/α-hetero) is 1. The normalized spacial score (nSPS) is 12.5. The van der Waals surface area contributed by atoms with Crippen molar-refractivity contribution in [3.63, 3.8) is 0 Å². The second kappa shape index (κ2) is 6.94. The van der Waals surface area contributed by atoms with Crippen LogP contribution in [-0.4, -0.2) is 29.5 Å². The average Bonchev–Trinajstić information content (AvgIpc) is 3.42. The van der Waals surface area contributed by atoms with Crippen molar-refractivity contribution in [1.82, 2.24) is 23.7 Å². The first-order valence-corrected chi connectivity index (χ1v) is 9.77. The van der Waals surface area contributed by atoms with Crippen molar-refractivity contribution in [3.8, 4) is 0 Å². The number of aromatic amines is 1. The number of carbonyl (C=O) groups is 1. The highest BCUT2D eigenvalue weighted by atomic mass is 16.2. The fourth-order valence-electron chi connectivity index (χ4n) is 4.06. The summed E-state index contributed by atoms with van der Waals surface area (Å²) in [6.07, 6.45) is 3.14. The van der Waals surface area contributed by atoms with Crippen LogP contribution in [0.3, 0.4) is 0 Å². The summed E-state index contributed by atoms with van der Waals surface area (Å²) in [5.74, 6) is -0.182. The number of rotatable bonds is 4. The summed E-state index contributed by atoms with van der Waals surface area (Å²) in [6.45, 7) is 0. The largest absolute Gasteiger partial charge is 0.360 e. The van der Waals surface area contributed by atoms with Crippen LogP contribution in [0.15, 0.2) is 76.7 Å². The molecule has 0 fully saturated rings. The quantitative estimate of drug-likeness (QED) is 0.458. The van der Waals surface area contributed by atoms with Crippen molar-refractivity contribution in [2.24, 2.45) is 14.1 Å². The number of aromatic nitrogens is 5. The molecule has 5 rings (SSSR count). The molecule has 1 N–H and O–H groups in total. The van der Waals surface area contributed by atoms with Crippen molar-refractivity contribution < 1.29 is 4.79 Å². The van der Waals surface area contributed by atoms with Gasteiger partial charge >= 0.3 is 5.69 Å². The summed E-state index contributed by atoms with van der Waals surface area (Å²) in [5, 5.41) is 0.804. The lowest BCUT2D eigenvalue weighted by molar-refractivity contribution is 0.0949. The fourth-order valence-corrected chi connectivity index (χ4v) is 4.06. The number of carbonyl (C=O) groups excluding carboxylic acids is 1. The molecule has 1 unspecified atom stereocenters. The van der Waals surface area contributed by atoms with Crippen LogP contribution in [0.5, 0.6) is 0 Å². The minimum absolute atomic E-state index is 0.182. The molecule has 8 nitrogen and oxygen atoms in total. The first kappa shape index (κ1) is 18.8. The van der Waals surface area contributed by atoms with Gasteiger partial charge in [0.1, 0.15) is 6.04 Å². The van der Waals surface area contributed by atoms with E-state index in [9.17, 15) is 14.4 Å². The van der Waals surface area contributed by atoms with Crippen LogP contribution < -0.4 is 11.2 Å². The van der Waals surface area contributed by atoms with E-state index in [-0.39, 0.29) is 16.9 Å². The van der Waals surface area contributed by atoms with Gasteiger partial charge < -0.3 is 9.55 Å². The topological polar surface area (TPSA) is 94.7 Å². The molecule has 8 heteroatoms. The molecular formula is C23H19N5O3. The van der Waals surface area contributed by atoms with E-state index >= 15 is 0 Å². The molecule has 0 aliphatic rings. The Balaban J connectivity index is 1.81. The maximum atomic E-state index is 13.9. The number of nitrogens with one attached hydrogen (secondary N) is 1. The van der Waals surface area contributed by atoms with Gasteiger partial charge in [0.25, 0.3) is 5.56 Å². The van der Waals surface area contributed by atoms with E-state index in [0.717, 1.165) is 15.5 Å². The third kappa shape index (κ3) is 2.76. The molecule has 0 amide bonds. The minimum Gasteiger partial charge on any atom is -0.360 e. The highest BCUT2D eigenvalue weighted by Crippen LogP contribution is 2.29. The number of imidazole rings is 1. The number of para-hydroxylation sites is 1. The molecule has 31 heavy (non-hydrogen) atoms. The van der Waals surface area contributed by atoms with Crippen molar-refractivity contribution in [2.75, 3.05) is 0 Å². The van der Waals surface area contributed by atoms with E-state index in [1.54, 1.807) is 17.8 Å². The van der Waals surface area contributed by atoms with Crippen LogP contribution in [0.1, 0.15) is 22.0 Å². The average molecular weight is 413 g/mol. The summed E-state index contributed by atoms with van der Waals surface area (Å²) in [4.78, 5) is 46.6. The zero-order chi connectivity index (χ0) is 21.7. The molecule has 0 saturated heterocycles. The molecule has 3 heterocycles. The molecule has 0 aliphatic carbocycles. The van der Waals surface area contributed by atoms with Gasteiger partial charge in [0.05, 0.1) is 6.33 Å². The van der Waals surface area contributed by atoms with Crippen LogP contribution in [-0.2, 0) is 14.1 Å². The molecule has 0 aliphatic heterocycles. The summed E-state index contributed by atoms with van der Waals surface area (Å²) in [6, 6.07) is 16.0. The number of fused-ring (bicyclic) bond motifs is 2. The summed E-state index contributed by atoms with van der Waals surface area (Å²) in [5.41, 5.74) is 1.56. The molecule has 3 aromatic heterocycles. The first-order chi connectivity index (χ1) is 15.0. The molecule has 1 atom stereocenters. The van der Waals surface area contributed by atoms with Crippen LogP contribution in [0, 0.1) is 0 Å². The van der Waals surface area contributed by atoms with E-state index in [2.05, 4.69) is 9.97 Å². The van der Waals surface area contributed by atoms with E-state index in [1.165, 1.54) is 17.9 Å². The predicted octanol–water partition coefficient (Wildman–Crippen LogP) is 2.39. The zero-order valence-electron chi connectivity index (χ0n) is 16.9. The van der Waals surface area contributed by atoms with Crippen molar-refractivity contribution in [1.29, 1.82) is 0 Å². The Morgan fingerprint density at radius 3 is 2.45 bits per heavy atom. The molecular weight excluding hydrogens is 394 g/mol. The maximum absolute atomic E-state index is 13.9. The standard InChI is InChI=1S/C23H19N5O3/c1-26-21-19(22(30)27(2)23(26)31)28(13-25-21)18(14-8-4-3-5-9-14)20(29)16-12-24-17-11-7-6-10-15(16)17/h3-13,18,24H,1-2H3. The minimum atomic E-state index is -0.824. The summed E-state index contributed by atoms with van der Waals surface area (Å²) < 4.78 is 3.90. The van der Waals surface area contributed by atoms with Gasteiger partial charge in [-0.3, -0.25) is 18.7 Å². The molecule has 0 radical (unpaired) electrons.